The number of carbonyl (C=O) groups is 2. The van der Waals surface area contributed by atoms with Crippen LogP contribution in [0.1, 0.15) is 102 Å². The number of carboxylic acids is 1. The lowest BCUT2D eigenvalue weighted by molar-refractivity contribution is -0.0489. The summed E-state index contributed by atoms with van der Waals surface area (Å²) in [5.74, 6) is -0.166. The van der Waals surface area contributed by atoms with Gasteiger partial charge in [0, 0.05) is 71.8 Å². The minimum Gasteiger partial charge on any atom is -0.478 e. The largest absolute Gasteiger partial charge is 0.478 e. The van der Waals surface area contributed by atoms with Crippen LogP contribution in [0.5, 0.6) is 11.5 Å². The first-order chi connectivity index (χ1) is 34.4. The highest BCUT2D eigenvalue weighted by atomic mass is 31.2. The number of nitrogens with one attached hydrogen (secondary N) is 2. The van der Waals surface area contributed by atoms with Crippen LogP contribution in [0, 0.1) is 0 Å². The average molecular weight is 1030 g/mol. The summed E-state index contributed by atoms with van der Waals surface area (Å²) in [7, 11) is -10.3. The van der Waals surface area contributed by atoms with Gasteiger partial charge >= 0.3 is 21.6 Å². The zero-order chi connectivity index (χ0) is 51.1. The summed E-state index contributed by atoms with van der Waals surface area (Å²) < 4.78 is 49.0. The van der Waals surface area contributed by atoms with Crippen LogP contribution in [-0.4, -0.2) is 125 Å². The van der Waals surface area contributed by atoms with Gasteiger partial charge in [-0.15, -0.1) is 0 Å². The molecule has 1 amide bonds. The van der Waals surface area contributed by atoms with Crippen molar-refractivity contribution in [3.63, 3.8) is 0 Å². The van der Waals surface area contributed by atoms with Crippen molar-refractivity contribution in [3.8, 4) is 11.5 Å². The molecule has 0 saturated carbocycles. The van der Waals surface area contributed by atoms with Gasteiger partial charge in [0.2, 0.25) is 11.3 Å². The third kappa shape index (κ3) is 10.6. The molecule has 5 aromatic rings. The predicted octanol–water partition coefficient (Wildman–Crippen LogP) is 2.94. The van der Waals surface area contributed by atoms with E-state index in [1.54, 1.807) is 6.07 Å². The number of aromatic nitrogens is 4. The third-order valence-electron chi connectivity index (χ3n) is 13.5. The predicted molar refractivity (Wildman–Crippen MR) is 262 cm³/mol. The highest BCUT2D eigenvalue weighted by molar-refractivity contribution is 7.46. The molecule has 9 rings (SSSR count). The summed E-state index contributed by atoms with van der Waals surface area (Å²) >= 11 is 0. The Morgan fingerprint density at radius 2 is 1.71 bits per heavy atom. The van der Waals surface area contributed by atoms with E-state index in [0.29, 0.717) is 67.0 Å². The Balaban J connectivity index is 0.897. The van der Waals surface area contributed by atoms with Gasteiger partial charge in [-0.05, 0) is 87.4 Å². The number of aliphatic hydroxyl groups is 1. The number of anilines is 3. The smallest absolute Gasteiger partial charge is 0.470 e. The van der Waals surface area contributed by atoms with E-state index in [2.05, 4.69) is 77.7 Å². The van der Waals surface area contributed by atoms with E-state index in [-0.39, 0.29) is 34.4 Å². The summed E-state index contributed by atoms with van der Waals surface area (Å²) in [6.45, 7) is 7.60. The summed E-state index contributed by atoms with van der Waals surface area (Å²) in [4.78, 5) is 79.7. The Bertz CT molecular complexity index is 3160. The fourth-order valence-electron chi connectivity index (χ4n) is 10.1. The SMILES string of the molecule is CCN1CCCc2cc3c(cc21)Oc1cc2c(cc1=C3c1cc(C(=O)NCCCCCCNc3nc4c(N)ncnc4n3[C@@H]3O[C@H](COP(=O)(O)O)[C@@H](O)[C@H]3OP(=O)(O)O)ccc1C(=O)O)CCC[N+]=2CC. The van der Waals surface area contributed by atoms with Crippen molar-refractivity contribution in [1.29, 1.82) is 0 Å². The minimum absolute atomic E-state index is 0.0353. The van der Waals surface area contributed by atoms with Crippen LogP contribution in [0.3, 0.4) is 0 Å². The fraction of sp³-hybridized carbons (Fsp3) is 0.447. The molecule has 72 heavy (non-hydrogen) atoms. The van der Waals surface area contributed by atoms with Crippen molar-refractivity contribution in [1.82, 2.24) is 29.4 Å². The number of fused-ring (bicyclic) bond motifs is 5. The quantitative estimate of drug-likeness (QED) is 0.0320. The summed E-state index contributed by atoms with van der Waals surface area (Å²) in [5.41, 5.74) is 12.0. The molecule has 0 bridgehead atoms. The summed E-state index contributed by atoms with van der Waals surface area (Å²) in [5, 5.41) is 29.6. The van der Waals surface area contributed by atoms with E-state index >= 15 is 0 Å². The molecule has 0 aliphatic carbocycles. The monoisotopic (exact) mass is 1030 g/mol. The molecule has 1 fully saturated rings. The summed E-state index contributed by atoms with van der Waals surface area (Å²) in [6, 6.07) is 13.1. The van der Waals surface area contributed by atoms with Gasteiger partial charge in [-0.2, -0.15) is 0 Å². The van der Waals surface area contributed by atoms with E-state index in [0.717, 1.165) is 91.1 Å². The topological polar surface area (TPSA) is 327 Å². The number of rotatable bonds is 19. The van der Waals surface area contributed by atoms with E-state index in [4.69, 9.17) is 19.7 Å². The number of carboxylic acid groups (broad SMARTS) is 1. The van der Waals surface area contributed by atoms with Gasteiger partial charge in [-0.3, -0.25) is 18.4 Å². The number of aromatic carboxylic acids is 1. The Morgan fingerprint density at radius 1 is 0.931 bits per heavy atom. The lowest BCUT2D eigenvalue weighted by Gasteiger charge is -2.32. The molecule has 4 aliphatic rings. The maximum atomic E-state index is 13.9. The number of imidazole rings is 1. The Hall–Kier alpha value is -5.84. The lowest BCUT2D eigenvalue weighted by Crippen LogP contribution is -2.39. The van der Waals surface area contributed by atoms with Crippen molar-refractivity contribution in [2.24, 2.45) is 0 Å². The molecule has 0 spiro atoms. The molecule has 25 heteroatoms. The van der Waals surface area contributed by atoms with Crippen LogP contribution in [0.25, 0.3) is 16.7 Å². The first kappa shape index (κ1) is 51.1. The number of nitrogens with zero attached hydrogens (tertiary/aromatic N) is 6. The van der Waals surface area contributed by atoms with Crippen LogP contribution in [-0.2, 0) is 35.8 Å². The van der Waals surface area contributed by atoms with Crippen LogP contribution in [0.2, 0.25) is 0 Å². The second-order valence-electron chi connectivity index (χ2n) is 18.1. The number of benzene rings is 3. The van der Waals surface area contributed by atoms with E-state index in [1.807, 2.05) is 0 Å². The highest BCUT2D eigenvalue weighted by Gasteiger charge is 2.50. The number of unbranched alkanes of at least 4 members (excludes halogenated alkanes) is 3. The molecule has 0 radical (unpaired) electrons. The molecule has 4 aliphatic heterocycles. The minimum atomic E-state index is -5.27. The number of nitrogens with two attached hydrogens (primary N) is 1. The number of carbonyl (C=O) groups excluding carboxylic acids is 1. The Kier molecular flexibility index (Phi) is 14.9. The van der Waals surface area contributed by atoms with E-state index < -0.39 is 52.8 Å². The maximum Gasteiger partial charge on any atom is 0.470 e. The molecule has 3 aromatic carbocycles. The van der Waals surface area contributed by atoms with Gasteiger partial charge in [0.15, 0.2) is 23.2 Å². The van der Waals surface area contributed by atoms with Gasteiger partial charge in [0.25, 0.3) is 5.91 Å². The maximum absolute atomic E-state index is 13.9. The number of nitrogen functional groups attached to an aromatic ring is 1. The molecule has 2 aromatic heterocycles. The number of phosphoric acid groups is 2. The standard InChI is InChI=1S/C47H57N9O14P2/c1-3-54-17-9-11-26-19-31-35(22-33(26)54)68-36-23-34-27(12-10-18-55(34)4-2)20-32(36)38(31)30-21-28(13-14-29(30)46(59)60)44(58)49-15-7-5-6-8-16-50-47-53-39-42(48)51-25-52-43(39)56(47)45-41(70-72(64,65)66)40(57)37(69-45)24-67-71(61,62)63/h13-14,19-23,25,37,40-41,45,57H,3-12,15-18,24H2,1-2H3,(H8-,48,49,50,51,52,53,58,59,60,61,62,63,64,65,66)/p+1/t37-,40-,41-,45-/m1/s1. The number of hydrogen-bond donors (Lipinski definition) is 9. The Morgan fingerprint density at radius 3 is 2.44 bits per heavy atom. The first-order valence-corrected chi connectivity index (χ1v) is 27.0. The number of hydrogen-bond acceptors (Lipinski definition) is 15. The van der Waals surface area contributed by atoms with Crippen LogP contribution < -0.4 is 41.2 Å². The molecule has 4 atom stereocenters. The van der Waals surface area contributed by atoms with Crippen molar-refractivity contribution >= 4 is 61.7 Å². The number of aliphatic hydroxyl groups excluding tert-OH is 1. The molecule has 0 unspecified atom stereocenters. The van der Waals surface area contributed by atoms with E-state index in [1.165, 1.54) is 16.7 Å². The van der Waals surface area contributed by atoms with Crippen molar-refractivity contribution in [3.05, 3.63) is 92.7 Å². The zero-order valence-corrected chi connectivity index (χ0v) is 41.4. The van der Waals surface area contributed by atoms with Gasteiger partial charge in [0.05, 0.1) is 18.2 Å². The molecule has 384 valence electrons. The average Bonchev–Trinajstić information content (AvgIpc) is 3.86. The summed E-state index contributed by atoms with van der Waals surface area (Å²) in [6.07, 6.45) is 0.764. The molecule has 23 nitrogen and oxygen atoms in total. The van der Waals surface area contributed by atoms with Crippen LogP contribution >= 0.6 is 15.6 Å². The van der Waals surface area contributed by atoms with Crippen LogP contribution in [0.15, 0.2) is 48.8 Å². The fourth-order valence-corrected chi connectivity index (χ4v) is 11.0. The number of phosphoric ester groups is 2. The second kappa shape index (κ2) is 20.9. The number of aryl methyl sites for hydroxylation is 2. The van der Waals surface area contributed by atoms with Crippen molar-refractivity contribution in [2.75, 3.05) is 61.8 Å². The first-order valence-electron chi connectivity index (χ1n) is 24.0. The third-order valence-corrected chi connectivity index (χ3v) is 14.5. The zero-order valence-electron chi connectivity index (χ0n) is 39.6. The number of amides is 1. The highest BCUT2D eigenvalue weighted by Crippen LogP contribution is 2.48. The van der Waals surface area contributed by atoms with Gasteiger partial charge in [-0.1, -0.05) is 12.8 Å². The van der Waals surface area contributed by atoms with Gasteiger partial charge in [-0.25, -0.2) is 33.5 Å². The van der Waals surface area contributed by atoms with Gasteiger partial charge < -0.3 is 60.5 Å². The van der Waals surface area contributed by atoms with Crippen molar-refractivity contribution in [2.45, 2.75) is 89.8 Å². The molecule has 1 saturated heterocycles. The second-order valence-corrected chi connectivity index (χ2v) is 20.5. The lowest BCUT2D eigenvalue weighted by atomic mass is 9.85. The molecule has 6 heterocycles. The van der Waals surface area contributed by atoms with Gasteiger partial charge in [0.1, 0.15) is 49.2 Å². The molecular weight excluding hydrogens is 977 g/mol. The normalized spacial score (nSPS) is 19.6. The van der Waals surface area contributed by atoms with Crippen molar-refractivity contribution < 1.29 is 67.0 Å². The van der Waals surface area contributed by atoms with E-state index in [9.17, 15) is 48.5 Å². The molecular formula is C47H58N9O14P2+. The Labute approximate surface area is 412 Å². The van der Waals surface area contributed by atoms with Crippen LogP contribution in [0.4, 0.5) is 17.5 Å². The molecule has 10 N–H and O–H groups in total. The number of ether oxygens (including phenoxy) is 2.